The van der Waals surface area contributed by atoms with Crippen LogP contribution in [0.3, 0.4) is 0 Å². The van der Waals surface area contributed by atoms with Crippen molar-refractivity contribution in [2.45, 2.75) is 90.8 Å². The summed E-state index contributed by atoms with van der Waals surface area (Å²) in [6.07, 6.45) is 5.90. The second-order valence-electron chi connectivity index (χ2n) is 15.3. The highest BCUT2D eigenvalue weighted by molar-refractivity contribution is 7.21. The highest BCUT2D eigenvalue weighted by Gasteiger charge is 2.48. The first-order valence-electron chi connectivity index (χ1n) is 17.3. The number of fused-ring (bicyclic) bond motifs is 8. The van der Waals surface area contributed by atoms with Crippen LogP contribution in [0.25, 0.3) is 20.2 Å². The number of nitrogens with zero attached hydrogens (tertiary/aromatic N) is 2. The van der Waals surface area contributed by atoms with Crippen LogP contribution in [-0.2, 0) is 0 Å². The standard InChI is InChI=1S/C20H25NOS.C10H8O2S.C9H18N2.ClH/c1-13-4-5-15-11-19(23-18(15)10-13)17(22)12-16-14-6-8-21(9-7-14)20(16,2)3;1-6-2-3-7-5-9(10(11)12)13-8(7)4-6;1-9(2)8(10)7-3-5-11(9)6-4-7;/h4-5,10-11,14,16H,6-9,12H2,1-3H3;2-5H,1H3,(H,11,12);7-8H,3-6,10H2,1-2H3;1H/t16-;;8-;/m0.0./s1. The highest BCUT2D eigenvalue weighted by Crippen LogP contribution is 2.46. The van der Waals surface area contributed by atoms with E-state index in [2.05, 4.69) is 68.7 Å². The van der Waals surface area contributed by atoms with Gasteiger partial charge in [0.05, 0.1) is 4.88 Å². The fourth-order valence-electron chi connectivity index (χ4n) is 8.55. The maximum Gasteiger partial charge on any atom is 0.345 e. The molecule has 0 amide bonds. The average Bonchev–Trinajstić information content (AvgIpc) is 3.67. The lowest BCUT2D eigenvalue weighted by atomic mass is 9.65. The van der Waals surface area contributed by atoms with Gasteiger partial charge in [0, 0.05) is 32.9 Å². The number of benzene rings is 2. The van der Waals surface area contributed by atoms with E-state index in [9.17, 15) is 9.59 Å². The molecule has 4 bridgehead atoms. The van der Waals surface area contributed by atoms with Crippen LogP contribution in [0.15, 0.2) is 48.5 Å². The van der Waals surface area contributed by atoms with Crippen LogP contribution in [-0.4, -0.2) is 70.0 Å². The SMILES string of the molecule is CC1(C)[C@@H](N)C2CCN1CC2.Cc1ccc2cc(C(=O)C[C@H]3C4CCN(CC4)C3(C)C)sc2c1.Cc1ccc2cc(C(=O)O)sc2c1.Cl. The Morgan fingerprint density at radius 1 is 0.750 bits per heavy atom. The van der Waals surface area contributed by atoms with E-state index in [4.69, 9.17) is 10.8 Å². The Balaban J connectivity index is 0.000000153. The number of aromatic carboxylic acids is 1. The summed E-state index contributed by atoms with van der Waals surface area (Å²) in [7, 11) is 0. The van der Waals surface area contributed by atoms with Gasteiger partial charge in [-0.3, -0.25) is 14.6 Å². The zero-order chi connectivity index (χ0) is 33.7. The Labute approximate surface area is 300 Å². The number of carboxylic acid groups (broad SMARTS) is 1. The second-order valence-corrected chi connectivity index (χ2v) is 17.5. The molecule has 0 spiro atoms. The molecule has 6 fully saturated rings. The van der Waals surface area contributed by atoms with Crippen molar-refractivity contribution < 1.29 is 14.7 Å². The van der Waals surface area contributed by atoms with E-state index in [1.54, 1.807) is 17.4 Å². The molecule has 9 heteroatoms. The largest absolute Gasteiger partial charge is 0.477 e. The lowest BCUT2D eigenvalue weighted by molar-refractivity contribution is -0.0643. The molecule has 2 atom stereocenters. The Morgan fingerprint density at radius 3 is 1.65 bits per heavy atom. The number of rotatable bonds is 4. The summed E-state index contributed by atoms with van der Waals surface area (Å²) < 4.78 is 2.28. The lowest BCUT2D eigenvalue weighted by Gasteiger charge is -2.56. The number of nitrogens with two attached hydrogens (primary N) is 1. The van der Waals surface area contributed by atoms with Crippen molar-refractivity contribution in [3.05, 3.63) is 69.4 Å². The third kappa shape index (κ3) is 7.40. The summed E-state index contributed by atoms with van der Waals surface area (Å²) in [4.78, 5) is 30.1. The molecule has 8 heterocycles. The normalized spacial score (nSPS) is 27.7. The van der Waals surface area contributed by atoms with Crippen molar-refractivity contribution in [2.75, 3.05) is 26.2 Å². The summed E-state index contributed by atoms with van der Waals surface area (Å²) in [5, 5.41) is 11.0. The molecule has 3 N–H and O–H groups in total. The van der Waals surface area contributed by atoms with Crippen LogP contribution in [0.2, 0.25) is 0 Å². The molecule has 0 saturated carbocycles. The van der Waals surface area contributed by atoms with Gasteiger partial charge in [-0.2, -0.15) is 0 Å². The van der Waals surface area contributed by atoms with Gasteiger partial charge in [0.1, 0.15) is 4.88 Å². The summed E-state index contributed by atoms with van der Waals surface area (Å²) in [5.74, 6) is 1.53. The Bertz CT molecular complexity index is 1760. The molecular formula is C39H52ClN3O3S2. The van der Waals surface area contributed by atoms with Crippen molar-refractivity contribution in [1.82, 2.24) is 9.80 Å². The smallest absolute Gasteiger partial charge is 0.345 e. The molecule has 6 nitrogen and oxygen atoms in total. The minimum absolute atomic E-state index is 0. The van der Waals surface area contributed by atoms with Gasteiger partial charge in [0.25, 0.3) is 0 Å². The van der Waals surface area contributed by atoms with Crippen LogP contribution in [0.5, 0.6) is 0 Å². The second kappa shape index (κ2) is 14.5. The number of ketones is 1. The highest BCUT2D eigenvalue weighted by atomic mass is 35.5. The number of hydrogen-bond acceptors (Lipinski definition) is 7. The third-order valence-electron chi connectivity index (χ3n) is 11.8. The van der Waals surface area contributed by atoms with Gasteiger partial charge in [-0.1, -0.05) is 24.3 Å². The lowest BCUT2D eigenvalue weighted by Crippen LogP contribution is -2.67. The van der Waals surface area contributed by atoms with E-state index >= 15 is 0 Å². The van der Waals surface area contributed by atoms with Crippen molar-refractivity contribution >= 4 is 67.0 Å². The van der Waals surface area contributed by atoms with E-state index in [1.165, 1.54) is 78.8 Å². The van der Waals surface area contributed by atoms with Gasteiger partial charge in [0.2, 0.25) is 0 Å². The summed E-state index contributed by atoms with van der Waals surface area (Å²) >= 11 is 2.99. The van der Waals surface area contributed by atoms with Crippen LogP contribution < -0.4 is 5.73 Å². The van der Waals surface area contributed by atoms with Crippen LogP contribution in [0.4, 0.5) is 0 Å². The predicted octanol–water partition coefficient (Wildman–Crippen LogP) is 9.05. The predicted molar refractivity (Wildman–Crippen MR) is 204 cm³/mol. The summed E-state index contributed by atoms with van der Waals surface area (Å²) in [6.45, 7) is 18.3. The average molecular weight is 710 g/mol. The van der Waals surface area contributed by atoms with E-state index in [-0.39, 0.29) is 23.5 Å². The molecular weight excluding hydrogens is 658 g/mol. The number of thiophene rings is 2. The fraction of sp³-hybridized carbons (Fsp3) is 0.538. The molecule has 2 aromatic carbocycles. The van der Waals surface area contributed by atoms with E-state index in [0.29, 0.717) is 29.0 Å². The quantitative estimate of drug-likeness (QED) is 0.206. The number of piperidine rings is 6. The molecule has 6 saturated heterocycles. The number of carbonyl (C=O) groups excluding carboxylic acids is 1. The minimum Gasteiger partial charge on any atom is -0.477 e. The molecule has 4 aromatic rings. The third-order valence-corrected chi connectivity index (χ3v) is 14.0. The summed E-state index contributed by atoms with van der Waals surface area (Å²) in [5.41, 5.74) is 9.01. The number of aryl methyl sites for hydroxylation is 2. The molecule has 2 aromatic heterocycles. The molecule has 6 aliphatic heterocycles. The number of carbonyl (C=O) groups is 2. The summed E-state index contributed by atoms with van der Waals surface area (Å²) in [6, 6.07) is 16.6. The molecule has 48 heavy (non-hydrogen) atoms. The maximum absolute atomic E-state index is 12.9. The maximum atomic E-state index is 12.9. The molecule has 260 valence electrons. The van der Waals surface area contributed by atoms with Crippen LogP contribution >= 0.6 is 35.1 Å². The van der Waals surface area contributed by atoms with E-state index in [1.807, 2.05) is 25.1 Å². The zero-order valence-electron chi connectivity index (χ0n) is 29.3. The van der Waals surface area contributed by atoms with E-state index in [0.717, 1.165) is 32.4 Å². The van der Waals surface area contributed by atoms with Crippen LogP contribution in [0.1, 0.15) is 90.3 Å². The van der Waals surface area contributed by atoms with Gasteiger partial charge < -0.3 is 10.8 Å². The van der Waals surface area contributed by atoms with E-state index < -0.39 is 5.97 Å². The van der Waals surface area contributed by atoms with Crippen LogP contribution in [0, 0.1) is 31.6 Å². The number of Topliss-reactive ketones (excluding diaryl/α,β-unsaturated/α-hetero) is 1. The Morgan fingerprint density at radius 2 is 1.21 bits per heavy atom. The topological polar surface area (TPSA) is 86.9 Å². The van der Waals surface area contributed by atoms with Crippen molar-refractivity contribution in [2.24, 2.45) is 23.5 Å². The number of hydrogen-bond donors (Lipinski definition) is 2. The van der Waals surface area contributed by atoms with Gasteiger partial charge in [-0.15, -0.1) is 35.1 Å². The number of halogens is 1. The fourth-order valence-corrected chi connectivity index (χ4v) is 10.7. The molecule has 10 rings (SSSR count). The van der Waals surface area contributed by atoms with Gasteiger partial charge in [-0.05, 0) is 157 Å². The Kier molecular flexibility index (Phi) is 11.2. The first-order chi connectivity index (χ1) is 22.2. The molecule has 0 aliphatic carbocycles. The molecule has 0 radical (unpaired) electrons. The van der Waals surface area contributed by atoms with Gasteiger partial charge in [-0.25, -0.2) is 4.79 Å². The van der Waals surface area contributed by atoms with Crippen molar-refractivity contribution in [3.63, 3.8) is 0 Å². The van der Waals surface area contributed by atoms with Gasteiger partial charge in [0.15, 0.2) is 5.78 Å². The van der Waals surface area contributed by atoms with Crippen molar-refractivity contribution in [1.29, 1.82) is 0 Å². The first-order valence-corrected chi connectivity index (χ1v) is 18.9. The first kappa shape index (κ1) is 36.9. The zero-order valence-corrected chi connectivity index (χ0v) is 31.7. The minimum atomic E-state index is -0.848. The van der Waals surface area contributed by atoms with Gasteiger partial charge >= 0.3 is 5.97 Å². The van der Waals surface area contributed by atoms with Crippen molar-refractivity contribution in [3.8, 4) is 0 Å². The monoisotopic (exact) mass is 709 g/mol. The number of carboxylic acids is 1. The molecule has 0 unspecified atom stereocenters. The Hall–Kier alpha value is -2.33. The molecule has 6 aliphatic rings.